The maximum absolute atomic E-state index is 9.27. The monoisotopic (exact) mass is 229 g/mol. The normalized spacial score (nSPS) is 24.5. The van der Waals surface area contributed by atoms with Crippen LogP contribution in [0.15, 0.2) is 12.3 Å². The standard InChI is InChI=1S/C14H19N3/c1-10-5-4-8-17(12(10)3)14-13(9-15)11(2)6-7-16-14/h6-7,10,12H,4-5,8H2,1-3H3. The topological polar surface area (TPSA) is 39.9 Å². The lowest BCUT2D eigenvalue weighted by molar-refractivity contribution is 0.361. The summed E-state index contributed by atoms with van der Waals surface area (Å²) in [7, 11) is 0. The van der Waals surface area contributed by atoms with Crippen molar-refractivity contribution in [3.8, 4) is 6.07 Å². The zero-order valence-corrected chi connectivity index (χ0v) is 10.8. The number of pyridine rings is 1. The summed E-state index contributed by atoms with van der Waals surface area (Å²) in [5, 5.41) is 9.27. The van der Waals surface area contributed by atoms with E-state index in [0.29, 0.717) is 12.0 Å². The maximum Gasteiger partial charge on any atom is 0.146 e. The first kappa shape index (κ1) is 11.9. The molecule has 0 N–H and O–H groups in total. The molecule has 0 aromatic carbocycles. The van der Waals surface area contributed by atoms with E-state index in [1.165, 1.54) is 12.8 Å². The summed E-state index contributed by atoms with van der Waals surface area (Å²) in [6.45, 7) is 7.49. The Hall–Kier alpha value is -1.56. The van der Waals surface area contributed by atoms with E-state index in [-0.39, 0.29) is 0 Å². The molecule has 2 atom stereocenters. The molecule has 2 rings (SSSR count). The van der Waals surface area contributed by atoms with Crippen molar-refractivity contribution >= 4 is 5.82 Å². The lowest BCUT2D eigenvalue weighted by Gasteiger charge is -2.39. The van der Waals surface area contributed by atoms with Gasteiger partial charge in [0.1, 0.15) is 11.9 Å². The van der Waals surface area contributed by atoms with Crippen LogP contribution in [0.2, 0.25) is 0 Å². The van der Waals surface area contributed by atoms with Gasteiger partial charge in [0.15, 0.2) is 0 Å². The number of piperidine rings is 1. The summed E-state index contributed by atoms with van der Waals surface area (Å²) in [5.74, 6) is 1.53. The van der Waals surface area contributed by atoms with E-state index in [4.69, 9.17) is 0 Å². The van der Waals surface area contributed by atoms with Crippen LogP contribution < -0.4 is 4.90 Å². The first-order valence-corrected chi connectivity index (χ1v) is 6.27. The smallest absolute Gasteiger partial charge is 0.146 e. The molecule has 1 aliphatic rings. The molecule has 1 saturated heterocycles. The van der Waals surface area contributed by atoms with Crippen LogP contribution in [0.25, 0.3) is 0 Å². The van der Waals surface area contributed by atoms with Crippen molar-refractivity contribution in [2.24, 2.45) is 5.92 Å². The molecule has 2 unspecified atom stereocenters. The summed E-state index contributed by atoms with van der Waals surface area (Å²) >= 11 is 0. The molecule has 0 bridgehead atoms. The highest BCUT2D eigenvalue weighted by atomic mass is 15.2. The van der Waals surface area contributed by atoms with E-state index in [1.807, 2.05) is 13.0 Å². The molecular weight excluding hydrogens is 210 g/mol. The van der Waals surface area contributed by atoms with Gasteiger partial charge in [0, 0.05) is 18.8 Å². The predicted octanol–water partition coefficient (Wildman–Crippen LogP) is 2.89. The molecule has 17 heavy (non-hydrogen) atoms. The van der Waals surface area contributed by atoms with Gasteiger partial charge in [-0.15, -0.1) is 0 Å². The molecular formula is C14H19N3. The first-order chi connectivity index (χ1) is 8.15. The Balaban J connectivity index is 2.40. The number of nitriles is 1. The minimum Gasteiger partial charge on any atom is -0.353 e. The van der Waals surface area contributed by atoms with Crippen molar-refractivity contribution in [3.63, 3.8) is 0 Å². The van der Waals surface area contributed by atoms with E-state index in [1.54, 1.807) is 6.20 Å². The minimum atomic E-state index is 0.463. The molecule has 0 radical (unpaired) electrons. The number of hydrogen-bond donors (Lipinski definition) is 0. The van der Waals surface area contributed by atoms with Gasteiger partial charge in [0.05, 0.1) is 5.56 Å². The third kappa shape index (κ3) is 2.12. The summed E-state index contributed by atoms with van der Waals surface area (Å²) < 4.78 is 0. The van der Waals surface area contributed by atoms with E-state index in [0.717, 1.165) is 23.5 Å². The molecule has 90 valence electrons. The largest absolute Gasteiger partial charge is 0.353 e. The molecule has 3 nitrogen and oxygen atoms in total. The van der Waals surface area contributed by atoms with Crippen molar-refractivity contribution in [1.29, 1.82) is 5.26 Å². The average molecular weight is 229 g/mol. The molecule has 0 saturated carbocycles. The second-order valence-corrected chi connectivity index (χ2v) is 4.99. The highest BCUT2D eigenvalue weighted by molar-refractivity contribution is 5.57. The van der Waals surface area contributed by atoms with Gasteiger partial charge in [0.25, 0.3) is 0 Å². The maximum atomic E-state index is 9.27. The van der Waals surface area contributed by atoms with Crippen molar-refractivity contribution in [1.82, 2.24) is 4.98 Å². The summed E-state index contributed by atoms with van der Waals surface area (Å²) in [6.07, 6.45) is 4.26. The Morgan fingerprint density at radius 3 is 2.94 bits per heavy atom. The van der Waals surface area contributed by atoms with Gasteiger partial charge in [-0.25, -0.2) is 4.98 Å². The number of hydrogen-bond acceptors (Lipinski definition) is 3. The Kier molecular flexibility index (Phi) is 3.33. The molecule has 1 aromatic heterocycles. The van der Waals surface area contributed by atoms with Gasteiger partial charge >= 0.3 is 0 Å². The van der Waals surface area contributed by atoms with E-state index in [9.17, 15) is 5.26 Å². The molecule has 0 spiro atoms. The average Bonchev–Trinajstić information content (AvgIpc) is 2.32. The second kappa shape index (κ2) is 4.75. The van der Waals surface area contributed by atoms with Gasteiger partial charge in [-0.2, -0.15) is 5.26 Å². The fourth-order valence-corrected chi connectivity index (χ4v) is 2.53. The molecule has 1 fully saturated rings. The second-order valence-electron chi connectivity index (χ2n) is 4.99. The SMILES string of the molecule is Cc1ccnc(N2CCCC(C)C2C)c1C#N. The fraction of sp³-hybridized carbons (Fsp3) is 0.571. The Bertz CT molecular complexity index is 447. The first-order valence-electron chi connectivity index (χ1n) is 6.27. The van der Waals surface area contributed by atoms with Crippen LogP contribution in [-0.2, 0) is 0 Å². The third-order valence-corrected chi connectivity index (χ3v) is 3.90. The van der Waals surface area contributed by atoms with Gasteiger partial charge in [-0.3, -0.25) is 0 Å². The molecule has 0 amide bonds. The number of aromatic nitrogens is 1. The van der Waals surface area contributed by atoms with Crippen LogP contribution in [0.4, 0.5) is 5.82 Å². The summed E-state index contributed by atoms with van der Waals surface area (Å²) in [5.41, 5.74) is 1.75. The minimum absolute atomic E-state index is 0.463. The van der Waals surface area contributed by atoms with Crippen molar-refractivity contribution in [2.45, 2.75) is 39.7 Å². The Morgan fingerprint density at radius 2 is 2.24 bits per heavy atom. The number of nitrogens with zero attached hydrogens (tertiary/aromatic N) is 3. The van der Waals surface area contributed by atoms with Crippen molar-refractivity contribution < 1.29 is 0 Å². The highest BCUT2D eigenvalue weighted by Crippen LogP contribution is 2.29. The van der Waals surface area contributed by atoms with Crippen LogP contribution in [0.3, 0.4) is 0 Å². The van der Waals surface area contributed by atoms with Gasteiger partial charge < -0.3 is 4.90 Å². The number of rotatable bonds is 1. The fourth-order valence-electron chi connectivity index (χ4n) is 2.53. The van der Waals surface area contributed by atoms with Gasteiger partial charge in [-0.05, 0) is 44.2 Å². The zero-order valence-electron chi connectivity index (χ0n) is 10.8. The molecule has 0 aliphatic carbocycles. The molecule has 2 heterocycles. The van der Waals surface area contributed by atoms with Crippen LogP contribution in [0.5, 0.6) is 0 Å². The van der Waals surface area contributed by atoms with E-state index >= 15 is 0 Å². The number of aryl methyl sites for hydroxylation is 1. The Morgan fingerprint density at radius 1 is 1.47 bits per heavy atom. The predicted molar refractivity (Wildman–Crippen MR) is 68.9 cm³/mol. The molecule has 1 aliphatic heterocycles. The van der Waals surface area contributed by atoms with Gasteiger partial charge in [0.2, 0.25) is 0 Å². The molecule has 1 aromatic rings. The van der Waals surface area contributed by atoms with E-state index < -0.39 is 0 Å². The highest BCUT2D eigenvalue weighted by Gasteiger charge is 2.27. The van der Waals surface area contributed by atoms with Crippen LogP contribution >= 0.6 is 0 Å². The quantitative estimate of drug-likeness (QED) is 0.743. The Labute approximate surface area is 103 Å². The van der Waals surface area contributed by atoms with Crippen molar-refractivity contribution in [2.75, 3.05) is 11.4 Å². The van der Waals surface area contributed by atoms with Crippen LogP contribution in [0, 0.1) is 24.2 Å². The summed E-state index contributed by atoms with van der Waals surface area (Å²) in [6, 6.07) is 4.66. The molecule has 3 heteroatoms. The zero-order chi connectivity index (χ0) is 12.4. The van der Waals surface area contributed by atoms with Crippen LogP contribution in [-0.4, -0.2) is 17.6 Å². The third-order valence-electron chi connectivity index (χ3n) is 3.90. The lowest BCUT2D eigenvalue weighted by atomic mass is 9.91. The number of anilines is 1. The summed E-state index contributed by atoms with van der Waals surface area (Å²) in [4.78, 5) is 6.71. The van der Waals surface area contributed by atoms with Crippen LogP contribution in [0.1, 0.15) is 37.8 Å². The van der Waals surface area contributed by atoms with Crippen molar-refractivity contribution in [3.05, 3.63) is 23.4 Å². The lowest BCUT2D eigenvalue weighted by Crippen LogP contribution is -2.43. The van der Waals surface area contributed by atoms with E-state index in [2.05, 4.69) is 29.8 Å². The van der Waals surface area contributed by atoms with Gasteiger partial charge in [-0.1, -0.05) is 6.92 Å².